The highest BCUT2D eigenvalue weighted by Gasteiger charge is 2.39. The zero-order valence-corrected chi connectivity index (χ0v) is 15.6. The van der Waals surface area contributed by atoms with Crippen molar-refractivity contribution < 1.29 is 9.53 Å². The molecule has 0 unspecified atom stereocenters. The number of piperidine rings is 1. The molecule has 1 amide bonds. The van der Waals surface area contributed by atoms with Gasteiger partial charge < -0.3 is 20.3 Å². The summed E-state index contributed by atoms with van der Waals surface area (Å²) in [6.45, 7) is 2.47. The highest BCUT2D eigenvalue weighted by molar-refractivity contribution is 5.97. The molecule has 7 heteroatoms. The molecular weight excluding hydrogens is 337 g/mol. The van der Waals surface area contributed by atoms with Crippen molar-refractivity contribution in [3.8, 4) is 0 Å². The summed E-state index contributed by atoms with van der Waals surface area (Å²) >= 11 is 0. The number of hydrogen-bond donors (Lipinski definition) is 2. The number of benzene rings is 1. The fraction of sp³-hybridized carbons (Fsp3) is 0.562. The summed E-state index contributed by atoms with van der Waals surface area (Å²) in [5, 5.41) is 6.26. The van der Waals surface area contributed by atoms with E-state index in [2.05, 4.69) is 21.6 Å². The van der Waals surface area contributed by atoms with Crippen LogP contribution in [0.25, 0.3) is 0 Å². The number of rotatable bonds is 5. The summed E-state index contributed by atoms with van der Waals surface area (Å²) in [5.41, 5.74) is 1.30. The van der Waals surface area contributed by atoms with Gasteiger partial charge in [-0.2, -0.15) is 0 Å². The van der Waals surface area contributed by atoms with Crippen LogP contribution < -0.4 is 10.6 Å². The first-order chi connectivity index (χ1) is 10.1. The first-order valence-corrected chi connectivity index (χ1v) is 7.37. The molecule has 23 heavy (non-hydrogen) atoms. The van der Waals surface area contributed by atoms with Crippen LogP contribution >= 0.6 is 24.8 Å². The third-order valence-electron chi connectivity index (χ3n) is 3.90. The molecule has 132 valence electrons. The lowest BCUT2D eigenvalue weighted by molar-refractivity contribution is -0.140. The number of ether oxygens (including phenoxy) is 1. The van der Waals surface area contributed by atoms with Crippen LogP contribution in [0.3, 0.4) is 0 Å². The number of halogens is 2. The molecule has 2 rings (SSSR count). The van der Waals surface area contributed by atoms with Gasteiger partial charge in [-0.15, -0.1) is 24.8 Å². The number of amides is 1. The zero-order chi connectivity index (χ0) is 15.3. The van der Waals surface area contributed by atoms with Crippen LogP contribution in [0.1, 0.15) is 18.4 Å². The second kappa shape index (κ2) is 10.1. The number of carbonyl (C=O) groups is 1. The topological polar surface area (TPSA) is 53.6 Å². The lowest BCUT2D eigenvalue weighted by Gasteiger charge is -2.34. The predicted octanol–water partition coefficient (Wildman–Crippen LogP) is 2.30. The molecule has 2 N–H and O–H groups in total. The molecule has 1 saturated heterocycles. The van der Waals surface area contributed by atoms with E-state index in [-0.39, 0.29) is 30.7 Å². The molecule has 1 aromatic carbocycles. The van der Waals surface area contributed by atoms with Gasteiger partial charge in [0.05, 0.1) is 0 Å². The van der Waals surface area contributed by atoms with E-state index < -0.39 is 5.60 Å². The maximum atomic E-state index is 12.6. The number of carbonyl (C=O) groups excluding carboxylic acids is 1. The minimum absolute atomic E-state index is 0. The van der Waals surface area contributed by atoms with Gasteiger partial charge in [0, 0.05) is 19.3 Å². The first-order valence-electron chi connectivity index (χ1n) is 7.37. The van der Waals surface area contributed by atoms with E-state index in [1.807, 2.05) is 32.3 Å². The smallest absolute Gasteiger partial charge is 0.256 e. The minimum Gasteiger partial charge on any atom is -0.368 e. The summed E-state index contributed by atoms with van der Waals surface area (Å²) in [6.07, 6.45) is 1.40. The molecule has 1 aliphatic heterocycles. The Labute approximate surface area is 151 Å². The maximum absolute atomic E-state index is 12.6. The summed E-state index contributed by atoms with van der Waals surface area (Å²) in [5.74, 6) is -0.0477. The third-order valence-corrected chi connectivity index (χ3v) is 3.90. The molecule has 0 bridgehead atoms. The van der Waals surface area contributed by atoms with Crippen molar-refractivity contribution in [2.24, 2.45) is 0 Å². The van der Waals surface area contributed by atoms with Crippen LogP contribution in [-0.4, -0.2) is 50.7 Å². The Balaban J connectivity index is 0.00000242. The minimum atomic E-state index is -0.706. The summed E-state index contributed by atoms with van der Waals surface area (Å²) in [4.78, 5) is 14.7. The average Bonchev–Trinajstić information content (AvgIpc) is 2.47. The van der Waals surface area contributed by atoms with Gasteiger partial charge in [-0.25, -0.2) is 0 Å². The second-order valence-electron chi connectivity index (χ2n) is 5.84. The van der Waals surface area contributed by atoms with Crippen LogP contribution in [0.5, 0.6) is 0 Å². The van der Waals surface area contributed by atoms with Crippen molar-refractivity contribution in [3.63, 3.8) is 0 Å². The van der Waals surface area contributed by atoms with Gasteiger partial charge in [-0.1, -0.05) is 12.1 Å². The van der Waals surface area contributed by atoms with Gasteiger partial charge in [0.2, 0.25) is 0 Å². The SMILES string of the molecule is COC1(C(=O)Nc2cccc(CN(C)C)c2)CCNCC1.Cl.Cl. The lowest BCUT2D eigenvalue weighted by Crippen LogP contribution is -2.51. The Kier molecular flexibility index (Phi) is 9.73. The van der Waals surface area contributed by atoms with Gasteiger partial charge in [0.25, 0.3) is 5.91 Å². The number of nitrogens with zero attached hydrogens (tertiary/aromatic N) is 1. The van der Waals surface area contributed by atoms with Crippen LogP contribution in [0, 0.1) is 0 Å². The molecule has 0 aromatic heterocycles. The van der Waals surface area contributed by atoms with Gasteiger partial charge in [-0.3, -0.25) is 4.79 Å². The van der Waals surface area contributed by atoms with Crippen molar-refractivity contribution in [2.45, 2.75) is 25.0 Å². The number of methoxy groups -OCH3 is 1. The molecule has 1 aromatic rings. The fourth-order valence-electron chi connectivity index (χ4n) is 2.71. The van der Waals surface area contributed by atoms with E-state index in [0.717, 1.165) is 25.3 Å². The second-order valence-corrected chi connectivity index (χ2v) is 5.84. The number of hydrogen-bond acceptors (Lipinski definition) is 4. The Hall–Kier alpha value is -0.850. The fourth-order valence-corrected chi connectivity index (χ4v) is 2.71. The highest BCUT2D eigenvalue weighted by atomic mass is 35.5. The van der Waals surface area contributed by atoms with Crippen LogP contribution in [0.15, 0.2) is 24.3 Å². The molecule has 0 radical (unpaired) electrons. The van der Waals surface area contributed by atoms with Crippen molar-refractivity contribution in [1.82, 2.24) is 10.2 Å². The van der Waals surface area contributed by atoms with Crippen LogP contribution in [-0.2, 0) is 16.1 Å². The number of anilines is 1. The Bertz CT molecular complexity index is 492. The normalized spacial score (nSPS) is 16.2. The standard InChI is InChI=1S/C16H25N3O2.2ClH/c1-19(2)12-13-5-4-6-14(11-13)18-15(20)16(21-3)7-9-17-10-8-16;;/h4-6,11,17H,7-10,12H2,1-3H3,(H,18,20);2*1H. The molecule has 0 atom stereocenters. The van der Waals surface area contributed by atoms with E-state index in [4.69, 9.17) is 4.74 Å². The van der Waals surface area contributed by atoms with Crippen molar-refractivity contribution in [3.05, 3.63) is 29.8 Å². The van der Waals surface area contributed by atoms with Gasteiger partial charge >= 0.3 is 0 Å². The van der Waals surface area contributed by atoms with E-state index in [0.29, 0.717) is 12.8 Å². The zero-order valence-electron chi connectivity index (χ0n) is 13.9. The predicted molar refractivity (Wildman–Crippen MR) is 98.8 cm³/mol. The summed E-state index contributed by atoms with van der Waals surface area (Å²) in [7, 11) is 5.67. The molecule has 1 fully saturated rings. The van der Waals surface area contributed by atoms with Crippen molar-refractivity contribution in [1.29, 1.82) is 0 Å². The van der Waals surface area contributed by atoms with E-state index >= 15 is 0 Å². The molecule has 0 saturated carbocycles. The largest absolute Gasteiger partial charge is 0.368 e. The van der Waals surface area contributed by atoms with E-state index in [1.165, 1.54) is 5.56 Å². The molecule has 0 spiro atoms. The molecule has 1 aliphatic rings. The van der Waals surface area contributed by atoms with Crippen LogP contribution in [0.4, 0.5) is 5.69 Å². The third kappa shape index (κ3) is 5.94. The van der Waals surface area contributed by atoms with Gasteiger partial charge in [0.1, 0.15) is 5.60 Å². The van der Waals surface area contributed by atoms with E-state index in [9.17, 15) is 4.79 Å². The van der Waals surface area contributed by atoms with Crippen molar-refractivity contribution >= 4 is 36.4 Å². The lowest BCUT2D eigenvalue weighted by atomic mass is 9.91. The summed E-state index contributed by atoms with van der Waals surface area (Å²) < 4.78 is 5.55. The highest BCUT2D eigenvalue weighted by Crippen LogP contribution is 2.24. The quantitative estimate of drug-likeness (QED) is 0.842. The number of nitrogens with one attached hydrogen (secondary N) is 2. The van der Waals surface area contributed by atoms with Gasteiger partial charge in [0.15, 0.2) is 0 Å². The van der Waals surface area contributed by atoms with Crippen molar-refractivity contribution in [2.75, 3.05) is 39.6 Å². The Morgan fingerprint density at radius 3 is 2.52 bits per heavy atom. The van der Waals surface area contributed by atoms with E-state index in [1.54, 1.807) is 7.11 Å². The Morgan fingerprint density at radius 2 is 1.96 bits per heavy atom. The first kappa shape index (κ1) is 22.1. The molecule has 0 aliphatic carbocycles. The monoisotopic (exact) mass is 363 g/mol. The van der Waals surface area contributed by atoms with Gasteiger partial charge in [-0.05, 0) is 57.7 Å². The Morgan fingerprint density at radius 1 is 1.30 bits per heavy atom. The molecule has 5 nitrogen and oxygen atoms in total. The van der Waals surface area contributed by atoms with Crippen LogP contribution in [0.2, 0.25) is 0 Å². The average molecular weight is 364 g/mol. The molecular formula is C16H27Cl2N3O2. The molecule has 1 heterocycles. The summed E-state index contributed by atoms with van der Waals surface area (Å²) in [6, 6.07) is 7.96. The maximum Gasteiger partial charge on any atom is 0.256 e.